The predicted molar refractivity (Wildman–Crippen MR) is 33.7 cm³/mol. The standard InChI is InChI=1S/C7H10O/c1-6-3-4-8-5-7(6)2/h1-5H2. The van der Waals surface area contributed by atoms with Crippen LogP contribution in [0, 0.1) is 0 Å². The lowest BCUT2D eigenvalue weighted by molar-refractivity contribution is 0.146. The molecular weight excluding hydrogens is 100 g/mol. The minimum Gasteiger partial charge on any atom is -0.376 e. The molecule has 0 amide bonds. The van der Waals surface area contributed by atoms with E-state index in [9.17, 15) is 0 Å². The van der Waals surface area contributed by atoms with Gasteiger partial charge in [0, 0.05) is 0 Å². The largest absolute Gasteiger partial charge is 0.376 e. The molecule has 0 aromatic heterocycles. The van der Waals surface area contributed by atoms with Crippen LogP contribution >= 0.6 is 0 Å². The Morgan fingerprint density at radius 2 is 2.00 bits per heavy atom. The van der Waals surface area contributed by atoms with E-state index in [1.807, 2.05) is 0 Å². The van der Waals surface area contributed by atoms with Gasteiger partial charge in [-0.25, -0.2) is 0 Å². The molecule has 44 valence electrons. The molecule has 0 aromatic carbocycles. The van der Waals surface area contributed by atoms with Gasteiger partial charge in [-0.2, -0.15) is 0 Å². The van der Waals surface area contributed by atoms with E-state index in [0.717, 1.165) is 24.2 Å². The van der Waals surface area contributed by atoms with Crippen molar-refractivity contribution in [2.75, 3.05) is 13.2 Å². The molecule has 1 rings (SSSR count). The summed E-state index contributed by atoms with van der Waals surface area (Å²) in [6.45, 7) is 9.08. The molecule has 0 aliphatic carbocycles. The zero-order valence-electron chi connectivity index (χ0n) is 4.94. The van der Waals surface area contributed by atoms with Crippen LogP contribution in [-0.4, -0.2) is 13.2 Å². The average Bonchev–Trinajstić information content (AvgIpc) is 1.77. The van der Waals surface area contributed by atoms with E-state index in [1.165, 1.54) is 0 Å². The highest BCUT2D eigenvalue weighted by molar-refractivity contribution is 5.26. The van der Waals surface area contributed by atoms with Crippen molar-refractivity contribution in [2.24, 2.45) is 0 Å². The van der Waals surface area contributed by atoms with Crippen LogP contribution in [0.5, 0.6) is 0 Å². The lowest BCUT2D eigenvalue weighted by Crippen LogP contribution is -2.08. The quantitative estimate of drug-likeness (QED) is 0.459. The zero-order chi connectivity index (χ0) is 5.98. The third-order valence-electron chi connectivity index (χ3n) is 1.32. The van der Waals surface area contributed by atoms with E-state index in [2.05, 4.69) is 13.2 Å². The first-order valence-electron chi connectivity index (χ1n) is 2.74. The van der Waals surface area contributed by atoms with Crippen LogP contribution in [0.25, 0.3) is 0 Å². The average molecular weight is 110 g/mol. The van der Waals surface area contributed by atoms with Crippen molar-refractivity contribution in [3.8, 4) is 0 Å². The first-order valence-corrected chi connectivity index (χ1v) is 2.74. The monoisotopic (exact) mass is 110 g/mol. The highest BCUT2D eigenvalue weighted by Crippen LogP contribution is 2.14. The van der Waals surface area contributed by atoms with Gasteiger partial charge in [0.25, 0.3) is 0 Å². The summed E-state index contributed by atoms with van der Waals surface area (Å²) < 4.78 is 5.09. The summed E-state index contributed by atoms with van der Waals surface area (Å²) in [4.78, 5) is 0. The third kappa shape index (κ3) is 0.984. The molecule has 0 N–H and O–H groups in total. The van der Waals surface area contributed by atoms with Crippen molar-refractivity contribution in [1.82, 2.24) is 0 Å². The molecule has 0 unspecified atom stereocenters. The number of rotatable bonds is 0. The first kappa shape index (κ1) is 5.57. The Hall–Kier alpha value is -0.560. The van der Waals surface area contributed by atoms with Gasteiger partial charge in [0.2, 0.25) is 0 Å². The van der Waals surface area contributed by atoms with Crippen LogP contribution in [-0.2, 0) is 4.74 Å². The van der Waals surface area contributed by atoms with E-state index in [1.54, 1.807) is 0 Å². The Kier molecular flexibility index (Phi) is 1.49. The maximum atomic E-state index is 5.09. The Balaban J connectivity index is 2.52. The molecule has 1 saturated heterocycles. The zero-order valence-corrected chi connectivity index (χ0v) is 4.94. The van der Waals surface area contributed by atoms with Crippen molar-refractivity contribution < 1.29 is 4.74 Å². The summed E-state index contributed by atoms with van der Waals surface area (Å²) in [5, 5.41) is 0. The highest BCUT2D eigenvalue weighted by atomic mass is 16.5. The third-order valence-corrected chi connectivity index (χ3v) is 1.32. The second-order valence-electron chi connectivity index (χ2n) is 2.01. The summed E-state index contributed by atoms with van der Waals surface area (Å²) >= 11 is 0. The van der Waals surface area contributed by atoms with Crippen molar-refractivity contribution in [2.45, 2.75) is 6.42 Å². The van der Waals surface area contributed by atoms with E-state index in [0.29, 0.717) is 6.61 Å². The fourth-order valence-electron chi connectivity index (χ4n) is 0.670. The molecular formula is C7H10O. The molecule has 0 spiro atoms. The minimum atomic E-state index is 0.679. The van der Waals surface area contributed by atoms with E-state index in [-0.39, 0.29) is 0 Å². The fourth-order valence-corrected chi connectivity index (χ4v) is 0.670. The van der Waals surface area contributed by atoms with Gasteiger partial charge in [0.05, 0.1) is 13.2 Å². The summed E-state index contributed by atoms with van der Waals surface area (Å²) in [7, 11) is 0. The fraction of sp³-hybridized carbons (Fsp3) is 0.429. The summed E-state index contributed by atoms with van der Waals surface area (Å²) in [6.07, 6.45) is 0.957. The molecule has 1 heteroatoms. The molecule has 1 heterocycles. The minimum absolute atomic E-state index is 0.679. The summed E-state index contributed by atoms with van der Waals surface area (Å²) in [6, 6.07) is 0. The number of hydrogen-bond donors (Lipinski definition) is 0. The van der Waals surface area contributed by atoms with Crippen LogP contribution in [0.4, 0.5) is 0 Å². The van der Waals surface area contributed by atoms with Crippen molar-refractivity contribution in [1.29, 1.82) is 0 Å². The van der Waals surface area contributed by atoms with Crippen LogP contribution in [0.1, 0.15) is 6.42 Å². The van der Waals surface area contributed by atoms with Crippen molar-refractivity contribution >= 4 is 0 Å². The Bertz CT molecular complexity index is 108. The van der Waals surface area contributed by atoms with E-state index >= 15 is 0 Å². The lowest BCUT2D eigenvalue weighted by Gasteiger charge is -2.15. The molecule has 1 aliphatic rings. The van der Waals surface area contributed by atoms with Gasteiger partial charge >= 0.3 is 0 Å². The molecule has 0 atom stereocenters. The van der Waals surface area contributed by atoms with Crippen LogP contribution < -0.4 is 0 Å². The van der Waals surface area contributed by atoms with Gasteiger partial charge in [-0.15, -0.1) is 0 Å². The summed E-state index contributed by atoms with van der Waals surface area (Å²) in [5.41, 5.74) is 2.20. The van der Waals surface area contributed by atoms with Gasteiger partial charge in [0.15, 0.2) is 0 Å². The van der Waals surface area contributed by atoms with Gasteiger partial charge in [-0.05, 0) is 17.6 Å². The van der Waals surface area contributed by atoms with Gasteiger partial charge in [-0.3, -0.25) is 0 Å². The van der Waals surface area contributed by atoms with Gasteiger partial charge < -0.3 is 4.74 Å². The Labute approximate surface area is 49.7 Å². The molecule has 0 bridgehead atoms. The second-order valence-corrected chi connectivity index (χ2v) is 2.01. The smallest absolute Gasteiger partial charge is 0.0713 e. The molecule has 1 fully saturated rings. The molecule has 0 aromatic rings. The normalized spacial score (nSPS) is 21.5. The van der Waals surface area contributed by atoms with Crippen LogP contribution in [0.15, 0.2) is 24.3 Å². The molecule has 0 saturated carbocycles. The van der Waals surface area contributed by atoms with Gasteiger partial charge in [0.1, 0.15) is 0 Å². The van der Waals surface area contributed by atoms with E-state index < -0.39 is 0 Å². The maximum Gasteiger partial charge on any atom is 0.0713 e. The maximum absolute atomic E-state index is 5.09. The Morgan fingerprint density at radius 1 is 1.25 bits per heavy atom. The first-order chi connectivity index (χ1) is 3.80. The molecule has 8 heavy (non-hydrogen) atoms. The topological polar surface area (TPSA) is 9.23 Å². The van der Waals surface area contributed by atoms with E-state index in [4.69, 9.17) is 4.74 Å². The predicted octanol–water partition coefficient (Wildman–Crippen LogP) is 1.52. The van der Waals surface area contributed by atoms with Crippen LogP contribution in [0.2, 0.25) is 0 Å². The lowest BCUT2D eigenvalue weighted by atomic mass is 10.1. The van der Waals surface area contributed by atoms with Gasteiger partial charge in [-0.1, -0.05) is 13.2 Å². The Morgan fingerprint density at radius 3 is 2.38 bits per heavy atom. The highest BCUT2D eigenvalue weighted by Gasteiger charge is 2.05. The van der Waals surface area contributed by atoms with Crippen molar-refractivity contribution in [3.63, 3.8) is 0 Å². The molecule has 1 aliphatic heterocycles. The molecule has 0 radical (unpaired) electrons. The second kappa shape index (κ2) is 2.14. The summed E-state index contributed by atoms with van der Waals surface area (Å²) in [5.74, 6) is 0. The molecule has 1 nitrogen and oxygen atoms in total. The van der Waals surface area contributed by atoms with Crippen LogP contribution in [0.3, 0.4) is 0 Å². The van der Waals surface area contributed by atoms with Crippen molar-refractivity contribution in [3.05, 3.63) is 24.3 Å². The SMILES string of the molecule is C=C1CCOCC1=C. The number of hydrogen-bond acceptors (Lipinski definition) is 1. The number of ether oxygens (including phenoxy) is 1.